The molecule has 1 atom stereocenters. The van der Waals surface area contributed by atoms with Crippen LogP contribution in [0.5, 0.6) is 5.75 Å². The molecule has 1 aliphatic heterocycles. The number of amides is 1. The molecule has 7 heteroatoms. The molecule has 1 aromatic carbocycles. The van der Waals surface area contributed by atoms with Gasteiger partial charge in [0.1, 0.15) is 17.6 Å². The molecule has 1 aliphatic rings. The number of nitrogens with zero attached hydrogens (tertiary/aromatic N) is 1. The van der Waals surface area contributed by atoms with Crippen molar-refractivity contribution in [2.45, 2.75) is 6.04 Å². The molecule has 0 aliphatic carbocycles. The Balaban J connectivity index is 2.31. The summed E-state index contributed by atoms with van der Waals surface area (Å²) in [7, 11) is 0. The first kappa shape index (κ1) is 13.7. The summed E-state index contributed by atoms with van der Waals surface area (Å²) in [6, 6.07) is 2.08. The van der Waals surface area contributed by atoms with E-state index in [4.69, 9.17) is 5.11 Å². The van der Waals surface area contributed by atoms with Gasteiger partial charge in [-0.1, -0.05) is 0 Å². The molecule has 0 bridgehead atoms. The fourth-order valence-electron chi connectivity index (χ4n) is 1.89. The molecule has 0 aromatic heterocycles. The molecule has 2 N–H and O–H groups in total. The van der Waals surface area contributed by atoms with Crippen LogP contribution in [-0.2, 0) is 4.79 Å². The highest BCUT2D eigenvalue weighted by Gasteiger charge is 2.33. The van der Waals surface area contributed by atoms with Gasteiger partial charge in [-0.05, 0) is 18.2 Å². The first-order valence-corrected chi connectivity index (χ1v) is 6.76. The fraction of sp³-hybridized carbons (Fsp3) is 0.333. The molecule has 2 rings (SSSR count). The third kappa shape index (κ3) is 2.81. The van der Waals surface area contributed by atoms with Gasteiger partial charge in [-0.2, -0.15) is 11.8 Å². The summed E-state index contributed by atoms with van der Waals surface area (Å²) in [6.07, 6.45) is 0. The van der Waals surface area contributed by atoms with Crippen LogP contribution >= 0.6 is 11.8 Å². The van der Waals surface area contributed by atoms with Crippen molar-refractivity contribution >= 4 is 23.6 Å². The van der Waals surface area contributed by atoms with Gasteiger partial charge in [0.15, 0.2) is 0 Å². The van der Waals surface area contributed by atoms with E-state index in [9.17, 15) is 19.1 Å². The van der Waals surface area contributed by atoms with Crippen LogP contribution in [0.2, 0.25) is 0 Å². The Morgan fingerprint density at radius 3 is 2.84 bits per heavy atom. The summed E-state index contributed by atoms with van der Waals surface area (Å²) in [6.45, 7) is 0.260. The molecule has 5 nitrogen and oxygen atoms in total. The van der Waals surface area contributed by atoms with Crippen LogP contribution in [0.15, 0.2) is 18.2 Å². The number of benzene rings is 1. The average Bonchev–Trinajstić information content (AvgIpc) is 2.40. The van der Waals surface area contributed by atoms with E-state index in [2.05, 4.69) is 0 Å². The monoisotopic (exact) mass is 285 g/mol. The first-order chi connectivity index (χ1) is 9.00. The van der Waals surface area contributed by atoms with Gasteiger partial charge in [0.2, 0.25) is 0 Å². The zero-order chi connectivity index (χ0) is 14.0. The van der Waals surface area contributed by atoms with Crippen molar-refractivity contribution in [3.8, 4) is 5.75 Å². The summed E-state index contributed by atoms with van der Waals surface area (Å²) < 4.78 is 13.1. The van der Waals surface area contributed by atoms with E-state index in [-0.39, 0.29) is 23.6 Å². The van der Waals surface area contributed by atoms with Crippen molar-refractivity contribution in [1.29, 1.82) is 0 Å². The molecule has 0 saturated carbocycles. The lowest BCUT2D eigenvalue weighted by atomic mass is 10.1. The van der Waals surface area contributed by atoms with E-state index in [1.54, 1.807) is 0 Å². The van der Waals surface area contributed by atoms with Gasteiger partial charge >= 0.3 is 5.97 Å². The molecule has 0 spiro atoms. The van der Waals surface area contributed by atoms with E-state index in [0.29, 0.717) is 5.75 Å². The van der Waals surface area contributed by atoms with Crippen LogP contribution in [0.4, 0.5) is 4.39 Å². The van der Waals surface area contributed by atoms with Crippen molar-refractivity contribution in [3.63, 3.8) is 0 Å². The maximum atomic E-state index is 13.1. The standard InChI is InChI=1S/C12H12FNO4S/c13-7-1-2-10(15)8(5-7)11(16)14-3-4-19-6-9(14)12(17)18/h1-2,5,9,15H,3-4,6H2,(H,17,18). The minimum atomic E-state index is -1.10. The number of aromatic hydroxyl groups is 1. The quantitative estimate of drug-likeness (QED) is 0.853. The third-order valence-corrected chi connectivity index (χ3v) is 3.89. The smallest absolute Gasteiger partial charge is 0.327 e. The van der Waals surface area contributed by atoms with Gasteiger partial charge < -0.3 is 15.1 Å². The number of carboxylic acids is 1. The molecule has 102 valence electrons. The van der Waals surface area contributed by atoms with Crippen molar-refractivity contribution in [1.82, 2.24) is 4.90 Å². The maximum Gasteiger partial charge on any atom is 0.327 e. The number of phenols is 1. The second kappa shape index (κ2) is 5.48. The molecule has 1 unspecified atom stereocenters. The van der Waals surface area contributed by atoms with Crippen LogP contribution in [0.3, 0.4) is 0 Å². The second-order valence-corrected chi connectivity index (χ2v) is 5.24. The van der Waals surface area contributed by atoms with E-state index in [1.165, 1.54) is 11.8 Å². The zero-order valence-electron chi connectivity index (χ0n) is 9.88. The number of carboxylic acid groups (broad SMARTS) is 1. The van der Waals surface area contributed by atoms with Gasteiger partial charge in [-0.3, -0.25) is 4.79 Å². The lowest BCUT2D eigenvalue weighted by Gasteiger charge is -2.32. The highest BCUT2D eigenvalue weighted by atomic mass is 32.2. The van der Waals surface area contributed by atoms with Crippen LogP contribution in [0, 0.1) is 5.82 Å². The molecule has 0 radical (unpaired) electrons. The predicted molar refractivity (Wildman–Crippen MR) is 67.9 cm³/mol. The Morgan fingerprint density at radius 1 is 1.42 bits per heavy atom. The van der Waals surface area contributed by atoms with Gasteiger partial charge in [-0.25, -0.2) is 9.18 Å². The molecule has 1 heterocycles. The third-order valence-electron chi connectivity index (χ3n) is 2.86. The first-order valence-electron chi connectivity index (χ1n) is 5.60. The predicted octanol–water partition coefficient (Wildman–Crippen LogP) is 1.17. The summed E-state index contributed by atoms with van der Waals surface area (Å²) in [4.78, 5) is 24.5. The lowest BCUT2D eigenvalue weighted by Crippen LogP contribution is -2.50. The molecular weight excluding hydrogens is 273 g/mol. The highest BCUT2D eigenvalue weighted by molar-refractivity contribution is 7.99. The van der Waals surface area contributed by atoms with Crippen LogP contribution in [-0.4, -0.2) is 51.1 Å². The number of carbonyl (C=O) groups excluding carboxylic acids is 1. The number of aliphatic carboxylic acids is 1. The van der Waals surface area contributed by atoms with E-state index in [0.717, 1.165) is 23.1 Å². The molecular formula is C12H12FNO4S. The normalized spacial score (nSPS) is 19.2. The maximum absolute atomic E-state index is 13.1. The van der Waals surface area contributed by atoms with Crippen molar-refractivity contribution in [2.24, 2.45) is 0 Å². The van der Waals surface area contributed by atoms with Crippen molar-refractivity contribution in [3.05, 3.63) is 29.6 Å². The Kier molecular flexibility index (Phi) is 3.94. The molecule has 1 aromatic rings. The van der Waals surface area contributed by atoms with Gasteiger partial charge in [0.25, 0.3) is 5.91 Å². The SMILES string of the molecule is O=C(O)C1CSCCN1C(=O)c1cc(F)ccc1O. The number of phenolic OH excluding ortho intramolecular Hbond substituents is 1. The topological polar surface area (TPSA) is 77.8 Å². The molecule has 19 heavy (non-hydrogen) atoms. The van der Waals surface area contributed by atoms with Gasteiger partial charge in [0.05, 0.1) is 5.56 Å². The minimum Gasteiger partial charge on any atom is -0.507 e. The van der Waals surface area contributed by atoms with Gasteiger partial charge in [-0.15, -0.1) is 0 Å². The number of carbonyl (C=O) groups is 2. The second-order valence-electron chi connectivity index (χ2n) is 4.09. The number of hydrogen-bond acceptors (Lipinski definition) is 4. The zero-order valence-corrected chi connectivity index (χ0v) is 10.7. The van der Waals surface area contributed by atoms with Crippen molar-refractivity contribution < 1.29 is 24.2 Å². The van der Waals surface area contributed by atoms with E-state index >= 15 is 0 Å². The number of hydrogen-bond donors (Lipinski definition) is 2. The highest BCUT2D eigenvalue weighted by Crippen LogP contribution is 2.24. The van der Waals surface area contributed by atoms with E-state index in [1.807, 2.05) is 0 Å². The minimum absolute atomic E-state index is 0.210. The molecule has 1 amide bonds. The van der Waals surface area contributed by atoms with Crippen LogP contribution in [0.25, 0.3) is 0 Å². The number of rotatable bonds is 2. The van der Waals surface area contributed by atoms with Crippen LogP contribution < -0.4 is 0 Å². The Morgan fingerprint density at radius 2 is 2.16 bits per heavy atom. The summed E-state index contributed by atoms with van der Waals surface area (Å²) in [5, 5.41) is 18.7. The number of halogens is 1. The molecule has 1 fully saturated rings. The Bertz CT molecular complexity index is 522. The summed E-state index contributed by atoms with van der Waals surface area (Å²) in [5.41, 5.74) is -0.210. The van der Waals surface area contributed by atoms with Crippen molar-refractivity contribution in [2.75, 3.05) is 18.1 Å². The Hall–Kier alpha value is -1.76. The molecule has 1 saturated heterocycles. The van der Waals surface area contributed by atoms with Gasteiger partial charge in [0, 0.05) is 18.1 Å². The largest absolute Gasteiger partial charge is 0.507 e. The van der Waals surface area contributed by atoms with Crippen LogP contribution in [0.1, 0.15) is 10.4 Å². The summed E-state index contributed by atoms with van der Waals surface area (Å²) in [5.74, 6) is -1.86. The summed E-state index contributed by atoms with van der Waals surface area (Å²) >= 11 is 1.44. The fourth-order valence-corrected chi connectivity index (χ4v) is 2.92. The Labute approximate surface area is 113 Å². The number of thioether (sulfide) groups is 1. The lowest BCUT2D eigenvalue weighted by molar-refractivity contribution is -0.141. The van der Waals surface area contributed by atoms with E-state index < -0.39 is 23.7 Å². The average molecular weight is 285 g/mol.